The molecule has 2 fully saturated rings. The van der Waals surface area contributed by atoms with Crippen LogP contribution in [-0.2, 0) is 0 Å². The molecule has 1 spiro atoms. The van der Waals surface area contributed by atoms with E-state index in [1.807, 2.05) is 0 Å². The fourth-order valence-corrected chi connectivity index (χ4v) is 3.50. The number of hydrogen-bond donors (Lipinski definition) is 0. The van der Waals surface area contributed by atoms with Crippen LogP contribution in [-0.4, -0.2) is 47.3 Å². The Bertz CT molecular complexity index is 229. The van der Waals surface area contributed by atoms with Crippen molar-refractivity contribution in [2.75, 3.05) is 26.3 Å². The second kappa shape index (κ2) is 3.74. The predicted octanol–water partition coefficient (Wildman–Crippen LogP) is 2.45. The molecular weight excluding hydrogens is 184 g/mol. The van der Waals surface area contributed by atoms with Crippen LogP contribution in [0.5, 0.6) is 0 Å². The third-order valence-corrected chi connectivity index (χ3v) is 4.79. The van der Waals surface area contributed by atoms with Crippen molar-refractivity contribution in [1.82, 2.24) is 4.90 Å². The quantitative estimate of drug-likeness (QED) is 0.634. The van der Waals surface area contributed by atoms with Crippen LogP contribution in [0, 0.1) is 0 Å². The maximum atomic E-state index is 2.75. The molecule has 2 aliphatic rings. The van der Waals surface area contributed by atoms with Crippen LogP contribution < -0.4 is 0 Å². The van der Waals surface area contributed by atoms with Gasteiger partial charge in [-0.1, -0.05) is 6.92 Å². The lowest BCUT2D eigenvalue weighted by molar-refractivity contribution is -0.910. The van der Waals surface area contributed by atoms with Crippen molar-refractivity contribution < 1.29 is 4.48 Å². The lowest BCUT2D eigenvalue weighted by Gasteiger charge is -2.37. The Labute approximate surface area is 94.8 Å². The summed E-state index contributed by atoms with van der Waals surface area (Å²) in [4.78, 5) is 2.75. The number of quaternary nitrogens is 1. The van der Waals surface area contributed by atoms with E-state index in [0.717, 1.165) is 6.04 Å². The van der Waals surface area contributed by atoms with E-state index in [-0.39, 0.29) is 0 Å². The highest BCUT2D eigenvalue weighted by Crippen LogP contribution is 2.33. The fraction of sp³-hybridized carbons (Fsp3) is 1.00. The van der Waals surface area contributed by atoms with E-state index < -0.39 is 0 Å². The topological polar surface area (TPSA) is 3.24 Å². The van der Waals surface area contributed by atoms with Gasteiger partial charge in [0.25, 0.3) is 0 Å². The molecule has 0 aromatic rings. The maximum Gasteiger partial charge on any atom is 0.136 e. The zero-order valence-corrected chi connectivity index (χ0v) is 10.9. The van der Waals surface area contributed by atoms with E-state index in [1.165, 1.54) is 50.0 Å². The zero-order valence-electron chi connectivity index (χ0n) is 10.9. The number of rotatable bonds is 2. The van der Waals surface area contributed by atoms with Crippen LogP contribution >= 0.6 is 0 Å². The molecule has 0 N–H and O–H groups in total. The minimum absolute atomic E-state index is 0.393. The molecule has 0 radical (unpaired) electrons. The summed E-state index contributed by atoms with van der Waals surface area (Å²) in [6.45, 7) is 15.1. The van der Waals surface area contributed by atoms with Gasteiger partial charge in [0.1, 0.15) is 6.67 Å². The molecule has 0 aliphatic carbocycles. The lowest BCUT2D eigenvalue weighted by atomic mass is 9.98. The molecule has 2 saturated heterocycles. The van der Waals surface area contributed by atoms with E-state index in [4.69, 9.17) is 0 Å². The molecule has 1 atom stereocenters. The Morgan fingerprint density at radius 3 is 2.40 bits per heavy atom. The average Bonchev–Trinajstić information content (AvgIpc) is 2.75. The molecule has 2 nitrogen and oxygen atoms in total. The predicted molar refractivity (Wildman–Crippen MR) is 64.6 cm³/mol. The third kappa shape index (κ3) is 1.94. The molecule has 0 aromatic carbocycles. The largest absolute Gasteiger partial charge is 0.310 e. The van der Waals surface area contributed by atoms with Crippen molar-refractivity contribution in [2.45, 2.75) is 58.5 Å². The Balaban J connectivity index is 2.10. The highest BCUT2D eigenvalue weighted by atomic mass is 15.5. The molecule has 0 saturated carbocycles. The van der Waals surface area contributed by atoms with Crippen molar-refractivity contribution in [3.05, 3.63) is 0 Å². The first kappa shape index (κ1) is 11.4. The van der Waals surface area contributed by atoms with Gasteiger partial charge in [0, 0.05) is 18.4 Å². The second-order valence-corrected chi connectivity index (χ2v) is 6.30. The summed E-state index contributed by atoms with van der Waals surface area (Å²) in [6, 6.07) is 0.776. The minimum atomic E-state index is 0.393. The minimum Gasteiger partial charge on any atom is -0.310 e. The van der Waals surface area contributed by atoms with Gasteiger partial charge in [0.2, 0.25) is 0 Å². The van der Waals surface area contributed by atoms with Gasteiger partial charge in [-0.05, 0) is 27.2 Å². The molecule has 2 aliphatic heterocycles. The molecule has 1 unspecified atom stereocenters. The van der Waals surface area contributed by atoms with Crippen molar-refractivity contribution >= 4 is 0 Å². The standard InChI is InChI=1S/C13H27N2/c1-5-13(3,4)14-11-15(10-12(14)2)8-6-7-9-15/h12H,5-11H2,1-4H3/q+1. The SMILES string of the molecule is CCC(C)(C)N1C[N+]2(CCCC2)CC1C. The van der Waals surface area contributed by atoms with Gasteiger partial charge >= 0.3 is 0 Å². The van der Waals surface area contributed by atoms with Gasteiger partial charge < -0.3 is 4.48 Å². The zero-order chi connectivity index (χ0) is 11.1. The molecular formula is C13H27N2+. The van der Waals surface area contributed by atoms with Crippen molar-refractivity contribution in [3.8, 4) is 0 Å². The highest BCUT2D eigenvalue weighted by Gasteiger charge is 2.47. The van der Waals surface area contributed by atoms with E-state index >= 15 is 0 Å². The van der Waals surface area contributed by atoms with Crippen LogP contribution in [0.3, 0.4) is 0 Å². The van der Waals surface area contributed by atoms with Crippen molar-refractivity contribution in [2.24, 2.45) is 0 Å². The molecule has 15 heavy (non-hydrogen) atoms. The van der Waals surface area contributed by atoms with Crippen LogP contribution in [0.1, 0.15) is 47.0 Å². The number of nitrogens with zero attached hydrogens (tertiary/aromatic N) is 2. The molecule has 2 heteroatoms. The molecule has 88 valence electrons. The van der Waals surface area contributed by atoms with Gasteiger partial charge in [0.15, 0.2) is 0 Å². The first-order valence-electron chi connectivity index (χ1n) is 6.61. The number of hydrogen-bond acceptors (Lipinski definition) is 1. The molecule has 2 rings (SSSR count). The Kier molecular flexibility index (Phi) is 2.85. The van der Waals surface area contributed by atoms with E-state index in [9.17, 15) is 0 Å². The van der Waals surface area contributed by atoms with Crippen molar-refractivity contribution in [1.29, 1.82) is 0 Å². The molecule has 2 heterocycles. The van der Waals surface area contributed by atoms with Gasteiger partial charge in [0.05, 0.1) is 25.7 Å². The molecule has 0 aromatic heterocycles. The Morgan fingerprint density at radius 2 is 1.87 bits per heavy atom. The summed E-state index contributed by atoms with van der Waals surface area (Å²) in [7, 11) is 0. The van der Waals surface area contributed by atoms with E-state index in [2.05, 4.69) is 32.6 Å². The van der Waals surface area contributed by atoms with Gasteiger partial charge in [-0.15, -0.1) is 0 Å². The normalized spacial score (nSPS) is 31.6. The van der Waals surface area contributed by atoms with Gasteiger partial charge in [-0.3, -0.25) is 0 Å². The van der Waals surface area contributed by atoms with E-state index in [0.29, 0.717) is 5.54 Å². The van der Waals surface area contributed by atoms with Crippen LogP contribution in [0.4, 0.5) is 0 Å². The van der Waals surface area contributed by atoms with Gasteiger partial charge in [-0.25, -0.2) is 4.90 Å². The Hall–Kier alpha value is -0.0800. The van der Waals surface area contributed by atoms with Crippen LogP contribution in [0.15, 0.2) is 0 Å². The van der Waals surface area contributed by atoms with Crippen molar-refractivity contribution in [3.63, 3.8) is 0 Å². The summed E-state index contributed by atoms with van der Waals surface area (Å²) in [6.07, 6.45) is 4.16. The first-order chi connectivity index (χ1) is 6.99. The Morgan fingerprint density at radius 1 is 1.27 bits per heavy atom. The summed E-state index contributed by atoms with van der Waals surface area (Å²) < 4.78 is 1.39. The lowest BCUT2D eigenvalue weighted by Crippen LogP contribution is -2.49. The van der Waals surface area contributed by atoms with Gasteiger partial charge in [-0.2, -0.15) is 0 Å². The monoisotopic (exact) mass is 211 g/mol. The van der Waals surface area contributed by atoms with Crippen LogP contribution in [0.25, 0.3) is 0 Å². The summed E-state index contributed by atoms with van der Waals surface area (Å²) in [5, 5.41) is 0. The summed E-state index contributed by atoms with van der Waals surface area (Å²) in [5.74, 6) is 0. The first-order valence-corrected chi connectivity index (χ1v) is 6.61. The molecule has 0 amide bonds. The third-order valence-electron chi connectivity index (χ3n) is 4.79. The smallest absolute Gasteiger partial charge is 0.136 e. The maximum absolute atomic E-state index is 2.75. The summed E-state index contributed by atoms with van der Waals surface area (Å²) in [5.41, 5.74) is 0.393. The fourth-order valence-electron chi connectivity index (χ4n) is 3.50. The van der Waals surface area contributed by atoms with E-state index in [1.54, 1.807) is 0 Å². The second-order valence-electron chi connectivity index (χ2n) is 6.30. The highest BCUT2D eigenvalue weighted by molar-refractivity contribution is 4.86. The molecule has 0 bridgehead atoms. The summed E-state index contributed by atoms with van der Waals surface area (Å²) >= 11 is 0. The average molecular weight is 211 g/mol. The van der Waals surface area contributed by atoms with Crippen LogP contribution in [0.2, 0.25) is 0 Å².